The predicted octanol–water partition coefficient (Wildman–Crippen LogP) is 3.17. The highest BCUT2D eigenvalue weighted by Gasteiger charge is 2.21. The van der Waals surface area contributed by atoms with Gasteiger partial charge in [0.05, 0.1) is 14.2 Å². The molecule has 0 aliphatic carbocycles. The van der Waals surface area contributed by atoms with Gasteiger partial charge in [-0.1, -0.05) is 26.8 Å². The van der Waals surface area contributed by atoms with E-state index in [-0.39, 0.29) is 11.4 Å². The zero-order valence-corrected chi connectivity index (χ0v) is 11.2. The lowest BCUT2D eigenvalue weighted by Crippen LogP contribution is -2.16. The molecule has 0 amide bonds. The highest BCUT2D eigenvalue weighted by atomic mass is 16.5. The van der Waals surface area contributed by atoms with Crippen molar-refractivity contribution in [1.82, 2.24) is 0 Å². The van der Waals surface area contributed by atoms with Crippen LogP contribution in [0.25, 0.3) is 0 Å². The van der Waals surface area contributed by atoms with Gasteiger partial charge in [0.25, 0.3) is 0 Å². The lowest BCUT2D eigenvalue weighted by Gasteiger charge is -2.24. The van der Waals surface area contributed by atoms with Crippen molar-refractivity contribution in [3.63, 3.8) is 0 Å². The third kappa shape index (κ3) is 2.78. The first-order chi connectivity index (χ1) is 7.96. The second kappa shape index (κ2) is 5.21. The minimum absolute atomic E-state index is 0.0367. The van der Waals surface area contributed by atoms with Crippen LogP contribution >= 0.6 is 0 Å². The molecule has 17 heavy (non-hydrogen) atoms. The number of ether oxygens (including phenoxy) is 2. The van der Waals surface area contributed by atoms with E-state index in [1.807, 2.05) is 18.2 Å². The molecule has 0 N–H and O–H groups in total. The molecule has 0 saturated carbocycles. The molecule has 0 aliphatic heterocycles. The zero-order valence-electron chi connectivity index (χ0n) is 11.2. The molecule has 0 aromatic heterocycles. The normalized spacial score (nSPS) is 11.1. The highest BCUT2D eigenvalue weighted by molar-refractivity contribution is 5.92. The second-order valence-corrected chi connectivity index (χ2v) is 4.64. The van der Waals surface area contributed by atoms with Crippen LogP contribution in [0.15, 0.2) is 18.2 Å². The van der Waals surface area contributed by atoms with Gasteiger partial charge in [-0.2, -0.15) is 0 Å². The van der Waals surface area contributed by atoms with E-state index in [0.717, 1.165) is 12.0 Å². The topological polar surface area (TPSA) is 35.5 Å². The van der Waals surface area contributed by atoms with Gasteiger partial charge in [-0.15, -0.1) is 0 Å². The Balaban J connectivity index is 3.27. The fourth-order valence-corrected chi connectivity index (χ4v) is 1.60. The van der Waals surface area contributed by atoms with Crippen molar-refractivity contribution in [3.8, 4) is 5.75 Å². The van der Waals surface area contributed by atoms with Gasteiger partial charge in [-0.05, 0) is 29.5 Å². The number of hydrogen-bond donors (Lipinski definition) is 0. The average Bonchev–Trinajstić information content (AvgIpc) is 2.36. The van der Waals surface area contributed by atoms with Gasteiger partial charge in [0.15, 0.2) is 0 Å². The fourth-order valence-electron chi connectivity index (χ4n) is 1.60. The van der Waals surface area contributed by atoms with Crippen LogP contribution in [0, 0.1) is 0 Å². The van der Waals surface area contributed by atoms with E-state index in [4.69, 9.17) is 9.47 Å². The third-order valence-corrected chi connectivity index (χ3v) is 3.27. The van der Waals surface area contributed by atoms with Crippen molar-refractivity contribution < 1.29 is 14.3 Å². The SMILES string of the molecule is CCC(C)(C)c1ccc(OC)c(C(=O)OC)c1. The van der Waals surface area contributed by atoms with Crippen molar-refractivity contribution >= 4 is 5.97 Å². The van der Waals surface area contributed by atoms with Crippen molar-refractivity contribution in [3.05, 3.63) is 29.3 Å². The van der Waals surface area contributed by atoms with Crippen LogP contribution in [-0.4, -0.2) is 20.2 Å². The Morgan fingerprint density at radius 1 is 1.29 bits per heavy atom. The summed E-state index contributed by atoms with van der Waals surface area (Å²) < 4.78 is 9.93. The molecular formula is C14H20O3. The van der Waals surface area contributed by atoms with E-state index in [0.29, 0.717) is 11.3 Å². The number of carbonyl (C=O) groups is 1. The van der Waals surface area contributed by atoms with Crippen molar-refractivity contribution in [1.29, 1.82) is 0 Å². The highest BCUT2D eigenvalue weighted by Crippen LogP contribution is 2.30. The maximum Gasteiger partial charge on any atom is 0.341 e. The van der Waals surface area contributed by atoms with E-state index in [2.05, 4.69) is 20.8 Å². The van der Waals surface area contributed by atoms with Gasteiger partial charge in [0.2, 0.25) is 0 Å². The van der Waals surface area contributed by atoms with Crippen LogP contribution < -0.4 is 4.74 Å². The maximum absolute atomic E-state index is 11.7. The predicted molar refractivity (Wildman–Crippen MR) is 67.7 cm³/mol. The molecule has 0 fully saturated rings. The van der Waals surface area contributed by atoms with Crippen LogP contribution in [0.1, 0.15) is 43.1 Å². The lowest BCUT2D eigenvalue weighted by molar-refractivity contribution is 0.0597. The molecule has 0 unspecified atom stereocenters. The summed E-state index contributed by atoms with van der Waals surface area (Å²) >= 11 is 0. The summed E-state index contributed by atoms with van der Waals surface area (Å²) in [5.74, 6) is 0.183. The van der Waals surface area contributed by atoms with Crippen LogP contribution in [0.5, 0.6) is 5.75 Å². The first-order valence-electron chi connectivity index (χ1n) is 5.73. The molecule has 0 bridgehead atoms. The molecule has 0 saturated heterocycles. The molecular weight excluding hydrogens is 216 g/mol. The average molecular weight is 236 g/mol. The van der Waals surface area contributed by atoms with E-state index in [1.54, 1.807) is 7.11 Å². The first-order valence-corrected chi connectivity index (χ1v) is 5.73. The second-order valence-electron chi connectivity index (χ2n) is 4.64. The Morgan fingerprint density at radius 3 is 2.41 bits per heavy atom. The number of hydrogen-bond acceptors (Lipinski definition) is 3. The summed E-state index contributed by atoms with van der Waals surface area (Å²) in [5, 5.41) is 0. The molecule has 1 aromatic carbocycles. The Labute approximate surface area is 103 Å². The van der Waals surface area contributed by atoms with E-state index in [1.165, 1.54) is 7.11 Å². The Kier molecular flexibility index (Phi) is 4.16. The Hall–Kier alpha value is -1.51. The number of benzene rings is 1. The van der Waals surface area contributed by atoms with Crippen LogP contribution in [-0.2, 0) is 10.2 Å². The van der Waals surface area contributed by atoms with Crippen LogP contribution in [0.2, 0.25) is 0 Å². The van der Waals surface area contributed by atoms with Gasteiger partial charge < -0.3 is 9.47 Å². The quantitative estimate of drug-likeness (QED) is 0.753. The largest absolute Gasteiger partial charge is 0.496 e. The van der Waals surface area contributed by atoms with Crippen LogP contribution in [0.4, 0.5) is 0 Å². The molecule has 1 aromatic rings. The van der Waals surface area contributed by atoms with Crippen molar-refractivity contribution in [2.24, 2.45) is 0 Å². The first kappa shape index (κ1) is 13.6. The summed E-state index contributed by atoms with van der Waals surface area (Å²) in [6, 6.07) is 5.67. The number of carbonyl (C=O) groups excluding carboxylic acids is 1. The summed E-state index contributed by atoms with van der Waals surface area (Å²) in [5.41, 5.74) is 1.63. The van der Waals surface area contributed by atoms with Crippen molar-refractivity contribution in [2.75, 3.05) is 14.2 Å². The molecule has 0 spiro atoms. The molecule has 3 heteroatoms. The fraction of sp³-hybridized carbons (Fsp3) is 0.500. The molecule has 94 valence electrons. The number of esters is 1. The van der Waals surface area contributed by atoms with Gasteiger partial charge in [0.1, 0.15) is 11.3 Å². The minimum atomic E-state index is -0.365. The number of methoxy groups -OCH3 is 2. The summed E-state index contributed by atoms with van der Waals surface area (Å²) in [6.45, 7) is 6.42. The Morgan fingerprint density at radius 2 is 1.94 bits per heavy atom. The van der Waals surface area contributed by atoms with Gasteiger partial charge in [0, 0.05) is 0 Å². The molecule has 0 heterocycles. The maximum atomic E-state index is 11.7. The van der Waals surface area contributed by atoms with Crippen LogP contribution in [0.3, 0.4) is 0 Å². The third-order valence-electron chi connectivity index (χ3n) is 3.27. The molecule has 1 rings (SSSR count). The summed E-state index contributed by atoms with van der Waals surface area (Å²) in [7, 11) is 2.92. The summed E-state index contributed by atoms with van der Waals surface area (Å²) in [4.78, 5) is 11.7. The monoisotopic (exact) mass is 236 g/mol. The summed E-state index contributed by atoms with van der Waals surface area (Å²) in [6.07, 6.45) is 1.000. The molecule has 0 radical (unpaired) electrons. The van der Waals surface area contributed by atoms with E-state index in [9.17, 15) is 4.79 Å². The number of rotatable bonds is 4. The van der Waals surface area contributed by atoms with E-state index >= 15 is 0 Å². The zero-order chi connectivity index (χ0) is 13.1. The molecule has 0 aliphatic rings. The van der Waals surface area contributed by atoms with Gasteiger partial charge in [-0.3, -0.25) is 0 Å². The van der Waals surface area contributed by atoms with E-state index < -0.39 is 0 Å². The minimum Gasteiger partial charge on any atom is -0.496 e. The molecule has 0 atom stereocenters. The smallest absolute Gasteiger partial charge is 0.341 e. The lowest BCUT2D eigenvalue weighted by atomic mass is 9.81. The Bertz CT molecular complexity index is 408. The molecule has 3 nitrogen and oxygen atoms in total. The van der Waals surface area contributed by atoms with Gasteiger partial charge >= 0.3 is 5.97 Å². The van der Waals surface area contributed by atoms with Crippen molar-refractivity contribution in [2.45, 2.75) is 32.6 Å². The van der Waals surface area contributed by atoms with Gasteiger partial charge in [-0.25, -0.2) is 4.79 Å². The standard InChI is InChI=1S/C14H20O3/c1-6-14(2,3)10-7-8-12(16-4)11(9-10)13(15)17-5/h7-9H,6H2,1-5H3.